The van der Waals surface area contributed by atoms with Crippen LogP contribution >= 0.6 is 0 Å². The van der Waals surface area contributed by atoms with Crippen LogP contribution in [0.2, 0.25) is 0 Å². The fourth-order valence-electron chi connectivity index (χ4n) is 6.58. The van der Waals surface area contributed by atoms with E-state index in [2.05, 4.69) is 26.0 Å². The number of hydrogen-bond donors (Lipinski definition) is 9. The number of phenolic OH excluding ortho intramolecular Hbond substituents is 2. The molecule has 16 heteroatoms. The first-order valence-electron chi connectivity index (χ1n) is 19.7. The molecular weight excluding hydrogens is 748 g/mol. The molecule has 0 spiro atoms. The Morgan fingerprint density at radius 1 is 0.912 bits per heavy atom. The second-order valence-corrected chi connectivity index (χ2v) is 14.7. The van der Waals surface area contributed by atoms with Crippen molar-refractivity contribution >= 4 is 11.9 Å². The molecular formula is C41H62O16. The lowest BCUT2D eigenvalue weighted by Crippen LogP contribution is -2.64. The predicted octanol–water partition coefficient (Wildman–Crippen LogP) is 2.10. The van der Waals surface area contributed by atoms with E-state index < -0.39 is 111 Å². The third kappa shape index (κ3) is 13.8. The predicted molar refractivity (Wildman–Crippen MR) is 204 cm³/mol. The molecule has 13 atom stereocenters. The third-order valence-corrected chi connectivity index (χ3v) is 10.2. The second kappa shape index (κ2) is 23.9. The van der Waals surface area contributed by atoms with Crippen LogP contribution in [0.25, 0.3) is 0 Å². The number of carbonyl (C=O) groups excluding carboxylic acids is 2. The summed E-state index contributed by atoms with van der Waals surface area (Å²) in [6, 6.07) is 2.06. The molecule has 57 heavy (non-hydrogen) atoms. The van der Waals surface area contributed by atoms with Crippen molar-refractivity contribution in [2.24, 2.45) is 11.8 Å². The van der Waals surface area contributed by atoms with Crippen LogP contribution in [0.1, 0.15) is 89.9 Å². The molecule has 0 bridgehead atoms. The van der Waals surface area contributed by atoms with Crippen LogP contribution in [0.4, 0.5) is 0 Å². The van der Waals surface area contributed by atoms with E-state index in [1.807, 2.05) is 6.92 Å². The van der Waals surface area contributed by atoms with Crippen LogP contribution in [-0.2, 0) is 39.9 Å². The largest absolute Gasteiger partial charge is 0.508 e. The minimum absolute atomic E-state index is 0.0433. The van der Waals surface area contributed by atoms with Gasteiger partial charge >= 0.3 is 11.9 Å². The van der Waals surface area contributed by atoms with Crippen molar-refractivity contribution in [1.82, 2.24) is 0 Å². The summed E-state index contributed by atoms with van der Waals surface area (Å²) in [4.78, 5) is 25.2. The molecule has 0 radical (unpaired) electrons. The summed E-state index contributed by atoms with van der Waals surface area (Å²) >= 11 is 0. The number of hydrogen-bond acceptors (Lipinski definition) is 16. The fourth-order valence-corrected chi connectivity index (χ4v) is 6.58. The Kier molecular flexibility index (Phi) is 20.1. The summed E-state index contributed by atoms with van der Waals surface area (Å²) in [5.74, 6) is -2.02. The van der Waals surface area contributed by atoms with Crippen LogP contribution in [-0.4, -0.2) is 132 Å². The summed E-state index contributed by atoms with van der Waals surface area (Å²) < 4.78 is 28.3. The first-order valence-corrected chi connectivity index (χ1v) is 19.7. The van der Waals surface area contributed by atoms with Gasteiger partial charge in [-0.25, -0.2) is 4.79 Å². The van der Waals surface area contributed by atoms with Crippen LogP contribution in [0, 0.1) is 11.8 Å². The molecule has 0 amide bonds. The first-order chi connectivity index (χ1) is 27.2. The molecule has 2 fully saturated rings. The van der Waals surface area contributed by atoms with Crippen molar-refractivity contribution in [1.29, 1.82) is 0 Å². The van der Waals surface area contributed by atoms with Gasteiger partial charge in [-0.15, -0.1) is 0 Å². The van der Waals surface area contributed by atoms with E-state index in [4.69, 9.17) is 23.7 Å². The maximum Gasteiger partial charge on any atom is 0.331 e. The van der Waals surface area contributed by atoms with Crippen molar-refractivity contribution in [3.8, 4) is 11.5 Å². The Bertz CT molecular complexity index is 1480. The van der Waals surface area contributed by atoms with Crippen LogP contribution in [0.3, 0.4) is 0 Å². The zero-order chi connectivity index (χ0) is 42.2. The first kappa shape index (κ1) is 48.0. The summed E-state index contributed by atoms with van der Waals surface area (Å²) in [6.07, 6.45) is -3.00. The number of phenols is 2. The number of carbonyl (C=O) groups is 2. The van der Waals surface area contributed by atoms with Crippen LogP contribution in [0.15, 0.2) is 48.6 Å². The highest BCUT2D eigenvalue weighted by Gasteiger charge is 2.53. The number of unbranched alkanes of at least 4 members (excludes halogenated alkanes) is 1. The Morgan fingerprint density at radius 3 is 2.32 bits per heavy atom. The lowest BCUT2D eigenvalue weighted by molar-refractivity contribution is -0.343. The SMILES string of the molecule is CCCC(=O)OCC1OC(OC2C(CO)OC(c3c(O)cc(O)cc3CO)C(O)C2OC(=O)C=CC=CCC(O)C(C)CCCC=CC(C)CC)C(O)C(O)C1O. The lowest BCUT2D eigenvalue weighted by atomic mass is 9.88. The number of aliphatic hydroxyl groups is 7. The standard InChI is InChI=1S/C41H62O16/c1-5-13-31(47)53-22-30-34(49)35(50)36(51)41(55-30)57-38-29(21-43)54-39(33-25(20-42)18-26(44)19-28(33)46)37(52)40(38)56-32(48)17-12-8-11-16-27(45)24(4)15-10-7-9-14-23(3)6-2/h8-9,11-12,14,17-19,23-24,27,29-30,34-46,49-52H,5-7,10,13,15-16,20-22H2,1-4H3. The van der Waals surface area contributed by atoms with Gasteiger partial charge < -0.3 is 69.6 Å². The molecule has 13 unspecified atom stereocenters. The molecule has 2 aliphatic rings. The smallest absolute Gasteiger partial charge is 0.331 e. The molecule has 2 saturated heterocycles. The fraction of sp³-hybridized carbons (Fsp3) is 0.659. The van der Waals surface area contributed by atoms with Gasteiger partial charge in [-0.2, -0.15) is 0 Å². The summed E-state index contributed by atoms with van der Waals surface area (Å²) in [5.41, 5.74) is -0.239. The second-order valence-electron chi connectivity index (χ2n) is 14.7. The minimum Gasteiger partial charge on any atom is -0.508 e. The maximum absolute atomic E-state index is 13.2. The topological polar surface area (TPSA) is 262 Å². The number of aromatic hydroxyl groups is 2. The number of aliphatic hydroxyl groups excluding tert-OH is 7. The molecule has 322 valence electrons. The van der Waals surface area contributed by atoms with Crippen molar-refractivity contribution < 1.29 is 79.2 Å². The summed E-state index contributed by atoms with van der Waals surface area (Å²) in [6.45, 7) is 5.94. The highest BCUT2D eigenvalue weighted by atomic mass is 16.7. The van der Waals surface area contributed by atoms with Crippen LogP contribution < -0.4 is 0 Å². The molecule has 9 N–H and O–H groups in total. The van der Waals surface area contributed by atoms with Gasteiger partial charge in [-0.1, -0.05) is 64.5 Å². The number of benzene rings is 1. The summed E-state index contributed by atoms with van der Waals surface area (Å²) in [7, 11) is 0. The average Bonchev–Trinajstić information content (AvgIpc) is 3.18. The molecule has 1 aromatic rings. The summed E-state index contributed by atoms with van der Waals surface area (Å²) in [5, 5.41) is 95.5. The molecule has 0 aromatic heterocycles. The monoisotopic (exact) mass is 810 g/mol. The van der Waals surface area contributed by atoms with E-state index in [0.717, 1.165) is 43.9 Å². The quantitative estimate of drug-likeness (QED) is 0.0283. The van der Waals surface area contributed by atoms with Gasteiger partial charge in [0, 0.05) is 24.1 Å². The minimum atomic E-state index is -1.93. The van der Waals surface area contributed by atoms with Crippen molar-refractivity contribution in [3.63, 3.8) is 0 Å². The lowest BCUT2D eigenvalue weighted by Gasteiger charge is -2.47. The van der Waals surface area contributed by atoms with E-state index in [0.29, 0.717) is 18.8 Å². The molecule has 0 aliphatic carbocycles. The zero-order valence-electron chi connectivity index (χ0n) is 33.1. The van der Waals surface area contributed by atoms with Gasteiger partial charge in [-0.3, -0.25) is 4.79 Å². The van der Waals surface area contributed by atoms with Gasteiger partial charge in [0.25, 0.3) is 0 Å². The van der Waals surface area contributed by atoms with Gasteiger partial charge in [0.15, 0.2) is 12.4 Å². The molecule has 16 nitrogen and oxygen atoms in total. The van der Waals surface area contributed by atoms with Crippen molar-refractivity contribution in [2.75, 3.05) is 13.2 Å². The number of esters is 2. The van der Waals surface area contributed by atoms with Gasteiger partial charge in [0.1, 0.15) is 66.9 Å². The van der Waals surface area contributed by atoms with Crippen LogP contribution in [0.5, 0.6) is 11.5 Å². The van der Waals surface area contributed by atoms with E-state index in [-0.39, 0.29) is 23.5 Å². The number of allylic oxidation sites excluding steroid dienone is 4. The average molecular weight is 811 g/mol. The van der Waals surface area contributed by atoms with E-state index in [1.165, 1.54) is 12.2 Å². The van der Waals surface area contributed by atoms with Gasteiger partial charge in [0.2, 0.25) is 0 Å². The van der Waals surface area contributed by atoms with Crippen molar-refractivity contribution in [2.45, 2.75) is 147 Å². The maximum atomic E-state index is 13.2. The highest BCUT2D eigenvalue weighted by molar-refractivity contribution is 5.82. The van der Waals surface area contributed by atoms with Gasteiger partial charge in [-0.05, 0) is 55.6 Å². The number of rotatable bonds is 21. The van der Waals surface area contributed by atoms with Crippen molar-refractivity contribution in [3.05, 3.63) is 59.7 Å². The third-order valence-electron chi connectivity index (χ3n) is 10.2. The zero-order valence-corrected chi connectivity index (χ0v) is 33.1. The Hall–Kier alpha value is -3.42. The van der Waals surface area contributed by atoms with E-state index >= 15 is 0 Å². The molecule has 1 aromatic carbocycles. The van der Waals surface area contributed by atoms with E-state index in [1.54, 1.807) is 13.0 Å². The molecule has 3 rings (SSSR count). The van der Waals surface area contributed by atoms with E-state index in [9.17, 15) is 55.5 Å². The normalized spacial score (nSPS) is 29.8. The Balaban J connectivity index is 1.81. The molecule has 0 saturated carbocycles. The number of ether oxygens (including phenoxy) is 5. The molecule has 2 aliphatic heterocycles. The van der Waals surface area contributed by atoms with Gasteiger partial charge in [0.05, 0.1) is 19.3 Å². The Morgan fingerprint density at radius 2 is 1.65 bits per heavy atom. The highest BCUT2D eigenvalue weighted by Crippen LogP contribution is 2.42. The molecule has 2 heterocycles. The Labute approximate surface area is 333 Å².